The predicted octanol–water partition coefficient (Wildman–Crippen LogP) is 5.84. The van der Waals surface area contributed by atoms with Crippen LogP contribution >= 0.6 is 27.3 Å². The predicted molar refractivity (Wildman–Crippen MR) is 129 cm³/mol. The summed E-state index contributed by atoms with van der Waals surface area (Å²) in [5, 5.41) is 0.717. The first-order valence-corrected chi connectivity index (χ1v) is 11.8. The van der Waals surface area contributed by atoms with Crippen LogP contribution in [0.1, 0.15) is 36.5 Å². The molecule has 5 nitrogen and oxygen atoms in total. The molecule has 0 radical (unpaired) electrons. The van der Waals surface area contributed by atoms with Crippen molar-refractivity contribution in [2.45, 2.75) is 26.2 Å². The molecular weight excluding hydrogens is 462 g/mol. The second kappa shape index (κ2) is 10.9. The van der Waals surface area contributed by atoms with Gasteiger partial charge in [-0.3, -0.25) is 9.69 Å². The topological polar surface area (TPSA) is 45.7 Å². The molecular formula is C23H28BrN3O2S. The maximum absolute atomic E-state index is 13.3. The number of likely N-dealkylation sites (N-methyl/N-ethyl adjacent to an activating group) is 1. The van der Waals surface area contributed by atoms with E-state index in [0.717, 1.165) is 45.0 Å². The fourth-order valence-electron chi connectivity index (χ4n) is 2.98. The van der Waals surface area contributed by atoms with E-state index in [4.69, 9.17) is 9.72 Å². The number of thiazole rings is 1. The fraction of sp³-hybridized carbons (Fsp3) is 0.391. The van der Waals surface area contributed by atoms with E-state index in [-0.39, 0.29) is 5.91 Å². The number of hydrogen-bond acceptors (Lipinski definition) is 5. The fourth-order valence-corrected chi connectivity index (χ4v) is 4.52. The van der Waals surface area contributed by atoms with E-state index < -0.39 is 0 Å². The van der Waals surface area contributed by atoms with Gasteiger partial charge in [-0.1, -0.05) is 47.0 Å². The van der Waals surface area contributed by atoms with Gasteiger partial charge in [0.15, 0.2) is 5.13 Å². The molecule has 1 aromatic heterocycles. The van der Waals surface area contributed by atoms with Crippen LogP contribution in [0.25, 0.3) is 10.2 Å². The second-order valence-electron chi connectivity index (χ2n) is 7.45. The Labute approximate surface area is 190 Å². The van der Waals surface area contributed by atoms with Crippen molar-refractivity contribution in [1.82, 2.24) is 9.88 Å². The van der Waals surface area contributed by atoms with Gasteiger partial charge in [-0.25, -0.2) is 4.98 Å². The summed E-state index contributed by atoms with van der Waals surface area (Å²) in [5.41, 5.74) is 1.53. The Morgan fingerprint density at radius 3 is 2.57 bits per heavy atom. The van der Waals surface area contributed by atoms with Gasteiger partial charge in [-0.05, 0) is 63.0 Å². The highest BCUT2D eigenvalue weighted by atomic mass is 79.9. The van der Waals surface area contributed by atoms with E-state index in [2.05, 4.69) is 27.8 Å². The van der Waals surface area contributed by atoms with E-state index in [1.54, 1.807) is 4.90 Å². The zero-order chi connectivity index (χ0) is 21.5. The molecule has 0 saturated heterocycles. The summed E-state index contributed by atoms with van der Waals surface area (Å²) in [6, 6.07) is 13.4. The molecule has 0 aliphatic heterocycles. The highest BCUT2D eigenvalue weighted by molar-refractivity contribution is 9.10. The van der Waals surface area contributed by atoms with Gasteiger partial charge in [0, 0.05) is 23.1 Å². The van der Waals surface area contributed by atoms with Crippen molar-refractivity contribution in [3.63, 3.8) is 0 Å². The molecule has 3 rings (SSSR count). The standard InChI is InChI=1S/C23H28BrN3O2S/c1-4-5-6-15-29-19-10-7-17(8-11-19)22(28)27(14-13-26(2)3)23-25-20-12-9-18(24)16-21(20)30-23/h7-12,16H,4-6,13-15H2,1-3H3. The Hall–Kier alpha value is -1.96. The number of anilines is 1. The summed E-state index contributed by atoms with van der Waals surface area (Å²) in [7, 11) is 4.01. The summed E-state index contributed by atoms with van der Waals surface area (Å²) in [6.07, 6.45) is 3.38. The van der Waals surface area contributed by atoms with Crippen LogP contribution in [0.5, 0.6) is 5.75 Å². The highest BCUT2D eigenvalue weighted by Gasteiger charge is 2.21. The molecule has 30 heavy (non-hydrogen) atoms. The number of carbonyl (C=O) groups excluding carboxylic acids is 1. The minimum Gasteiger partial charge on any atom is -0.494 e. The minimum absolute atomic E-state index is 0.0486. The molecule has 0 aliphatic rings. The molecule has 0 unspecified atom stereocenters. The third-order valence-electron chi connectivity index (χ3n) is 4.70. The number of benzene rings is 2. The number of rotatable bonds is 10. The van der Waals surface area contributed by atoms with Crippen LogP contribution in [0.4, 0.5) is 5.13 Å². The van der Waals surface area contributed by atoms with Gasteiger partial charge in [-0.2, -0.15) is 0 Å². The smallest absolute Gasteiger partial charge is 0.260 e. The van der Waals surface area contributed by atoms with E-state index in [1.165, 1.54) is 17.8 Å². The van der Waals surface area contributed by atoms with Gasteiger partial charge < -0.3 is 9.64 Å². The molecule has 1 heterocycles. The first-order chi connectivity index (χ1) is 14.5. The first kappa shape index (κ1) is 22.7. The Morgan fingerprint density at radius 2 is 1.87 bits per heavy atom. The SMILES string of the molecule is CCCCCOc1ccc(C(=O)N(CCN(C)C)c2nc3ccc(Br)cc3s2)cc1. The van der Waals surface area contributed by atoms with Crippen LogP contribution in [0.3, 0.4) is 0 Å². The van der Waals surface area contributed by atoms with Crippen LogP contribution in [0.2, 0.25) is 0 Å². The van der Waals surface area contributed by atoms with Gasteiger partial charge in [0.1, 0.15) is 5.75 Å². The number of ether oxygens (including phenoxy) is 1. The van der Waals surface area contributed by atoms with Crippen molar-refractivity contribution >= 4 is 48.5 Å². The monoisotopic (exact) mass is 489 g/mol. The number of amides is 1. The number of carbonyl (C=O) groups is 1. The van der Waals surface area contributed by atoms with E-state index in [1.807, 2.05) is 56.6 Å². The van der Waals surface area contributed by atoms with Gasteiger partial charge in [0.2, 0.25) is 0 Å². The molecule has 0 fully saturated rings. The van der Waals surface area contributed by atoms with E-state index in [9.17, 15) is 4.79 Å². The van der Waals surface area contributed by atoms with E-state index in [0.29, 0.717) is 18.7 Å². The summed E-state index contributed by atoms with van der Waals surface area (Å²) in [5.74, 6) is 0.750. The summed E-state index contributed by atoms with van der Waals surface area (Å²) < 4.78 is 7.83. The van der Waals surface area contributed by atoms with Crippen molar-refractivity contribution < 1.29 is 9.53 Å². The number of fused-ring (bicyclic) bond motifs is 1. The van der Waals surface area contributed by atoms with Crippen molar-refractivity contribution in [3.8, 4) is 5.75 Å². The normalized spacial score (nSPS) is 11.2. The molecule has 0 spiro atoms. The van der Waals surface area contributed by atoms with Gasteiger partial charge in [-0.15, -0.1) is 0 Å². The Morgan fingerprint density at radius 1 is 1.10 bits per heavy atom. The number of aromatic nitrogens is 1. The zero-order valence-corrected chi connectivity index (χ0v) is 20.1. The van der Waals surface area contributed by atoms with E-state index >= 15 is 0 Å². The van der Waals surface area contributed by atoms with Gasteiger partial charge in [0.05, 0.1) is 16.8 Å². The Kier molecular flexibility index (Phi) is 8.24. The van der Waals surface area contributed by atoms with Gasteiger partial charge in [0.25, 0.3) is 5.91 Å². The van der Waals surface area contributed by atoms with Crippen LogP contribution in [-0.2, 0) is 0 Å². The third kappa shape index (κ3) is 6.03. The van der Waals surface area contributed by atoms with Crippen LogP contribution in [0.15, 0.2) is 46.9 Å². The minimum atomic E-state index is -0.0486. The van der Waals surface area contributed by atoms with Crippen molar-refractivity contribution in [1.29, 1.82) is 0 Å². The molecule has 0 saturated carbocycles. The average molecular weight is 490 g/mol. The van der Waals surface area contributed by atoms with Crippen LogP contribution in [0, 0.1) is 0 Å². The molecule has 0 aliphatic carbocycles. The number of halogens is 1. The first-order valence-electron chi connectivity index (χ1n) is 10.2. The lowest BCUT2D eigenvalue weighted by Crippen LogP contribution is -2.36. The number of nitrogens with zero attached hydrogens (tertiary/aromatic N) is 3. The lowest BCUT2D eigenvalue weighted by molar-refractivity contribution is 0.0985. The zero-order valence-electron chi connectivity index (χ0n) is 17.7. The van der Waals surface area contributed by atoms with Crippen molar-refractivity contribution in [2.75, 3.05) is 38.7 Å². The second-order valence-corrected chi connectivity index (χ2v) is 9.37. The molecule has 7 heteroatoms. The lowest BCUT2D eigenvalue weighted by Gasteiger charge is -2.22. The maximum Gasteiger partial charge on any atom is 0.260 e. The summed E-state index contributed by atoms with van der Waals surface area (Å²) in [6.45, 7) is 4.20. The molecule has 1 amide bonds. The van der Waals surface area contributed by atoms with Crippen molar-refractivity contribution in [2.24, 2.45) is 0 Å². The Bertz CT molecular complexity index is 972. The summed E-state index contributed by atoms with van der Waals surface area (Å²) in [4.78, 5) is 21.9. The third-order valence-corrected chi connectivity index (χ3v) is 6.24. The molecule has 0 bridgehead atoms. The molecule has 160 valence electrons. The number of hydrogen-bond donors (Lipinski definition) is 0. The number of unbranched alkanes of at least 4 members (excludes halogenated alkanes) is 2. The Balaban J connectivity index is 1.79. The van der Waals surface area contributed by atoms with Gasteiger partial charge >= 0.3 is 0 Å². The van der Waals surface area contributed by atoms with Crippen LogP contribution < -0.4 is 9.64 Å². The quantitative estimate of drug-likeness (QED) is 0.335. The molecule has 2 aromatic carbocycles. The maximum atomic E-state index is 13.3. The van der Waals surface area contributed by atoms with Crippen molar-refractivity contribution in [3.05, 3.63) is 52.5 Å². The molecule has 0 atom stereocenters. The molecule has 3 aromatic rings. The largest absolute Gasteiger partial charge is 0.494 e. The lowest BCUT2D eigenvalue weighted by atomic mass is 10.2. The molecule has 0 N–H and O–H groups in total. The average Bonchev–Trinajstić information content (AvgIpc) is 3.14. The highest BCUT2D eigenvalue weighted by Crippen LogP contribution is 2.31. The summed E-state index contributed by atoms with van der Waals surface area (Å²) >= 11 is 5.04. The van der Waals surface area contributed by atoms with Crippen LogP contribution in [-0.4, -0.2) is 49.6 Å².